The highest BCUT2D eigenvalue weighted by molar-refractivity contribution is 6.24. The third-order valence-electron chi connectivity index (χ3n) is 14.6. The zero-order valence-corrected chi connectivity index (χ0v) is 40.3. The quantitative estimate of drug-likeness (QED) is 0.135. The number of aromatic nitrogens is 4. The van der Waals surface area contributed by atoms with E-state index < -0.39 is 0 Å². The molecule has 2 aromatic heterocycles. The number of benzene rings is 12. The van der Waals surface area contributed by atoms with Crippen molar-refractivity contribution in [2.75, 3.05) is 0 Å². The monoisotopic (exact) mass is 942 g/mol. The maximum absolute atomic E-state index is 5.28. The van der Waals surface area contributed by atoms with Crippen LogP contribution in [0.25, 0.3) is 133 Å². The summed E-state index contributed by atoms with van der Waals surface area (Å²) in [6.45, 7) is 0. The van der Waals surface area contributed by atoms with Crippen molar-refractivity contribution >= 4 is 43.6 Å². The maximum Gasteiger partial charge on any atom is 0.145 e. The lowest BCUT2D eigenvalue weighted by Crippen LogP contribution is -2.00. The van der Waals surface area contributed by atoms with Crippen LogP contribution in [0.5, 0.6) is 0 Å². The van der Waals surface area contributed by atoms with Gasteiger partial charge in [-0.2, -0.15) is 0 Å². The van der Waals surface area contributed by atoms with Crippen LogP contribution >= 0.6 is 0 Å². The highest BCUT2D eigenvalue weighted by Crippen LogP contribution is 2.49. The SMILES string of the molecule is c1ccc(-c2ccccc2-c2c3ccc(-n4c(-c5ccccc5)nc5ccccc54)cc3c(-c3ccccc3-c3ccccc3)c3ccc(-c4ccc(-n5c(-c6ccccc6)nc6ccccc65)cc4)cc23)cc1. The van der Waals surface area contributed by atoms with Crippen LogP contribution in [0.15, 0.2) is 279 Å². The standard InChI is InChI=1S/C70H46N4/c1-5-21-48(22-6-1)55-29-13-15-31-57(55)67-60-44-42-54(74-66-36-20-18-34-64(66)72-70(74)51-27-11-4-12-28-51)46-62(60)68(58-32-16-14-30-56(58)49-23-7-2-8-24-49)59-43-39-52(45-61(59)67)47-37-40-53(41-38-47)73-65-35-19-17-33-63(65)71-69(73)50-25-9-3-10-26-50/h1-46H. The molecule has 346 valence electrons. The molecule has 0 aliphatic rings. The molecule has 14 rings (SSSR count). The van der Waals surface area contributed by atoms with Gasteiger partial charge in [-0.05, 0) is 132 Å². The van der Waals surface area contributed by atoms with Gasteiger partial charge in [-0.25, -0.2) is 9.97 Å². The van der Waals surface area contributed by atoms with Crippen molar-refractivity contribution in [1.29, 1.82) is 0 Å². The van der Waals surface area contributed by atoms with E-state index in [1.165, 1.54) is 60.7 Å². The third kappa shape index (κ3) is 7.31. The van der Waals surface area contributed by atoms with Gasteiger partial charge >= 0.3 is 0 Å². The molecule has 0 aliphatic heterocycles. The van der Waals surface area contributed by atoms with E-state index in [1.807, 2.05) is 0 Å². The summed E-state index contributed by atoms with van der Waals surface area (Å²) in [5, 5.41) is 4.68. The Hall–Kier alpha value is -9.90. The average Bonchev–Trinajstić information content (AvgIpc) is 4.08. The van der Waals surface area contributed by atoms with Crippen LogP contribution in [-0.2, 0) is 0 Å². The molecule has 0 aliphatic carbocycles. The summed E-state index contributed by atoms with van der Waals surface area (Å²) in [7, 11) is 0. The van der Waals surface area contributed by atoms with Crippen LogP contribution in [0.1, 0.15) is 0 Å². The fourth-order valence-electron chi connectivity index (χ4n) is 11.2. The van der Waals surface area contributed by atoms with E-state index >= 15 is 0 Å². The number of nitrogens with zero attached hydrogens (tertiary/aromatic N) is 4. The predicted molar refractivity (Wildman–Crippen MR) is 309 cm³/mol. The molecular weight excluding hydrogens is 897 g/mol. The summed E-state index contributed by atoms with van der Waals surface area (Å²) in [6.07, 6.45) is 0. The van der Waals surface area contributed by atoms with Crippen molar-refractivity contribution < 1.29 is 0 Å². The lowest BCUT2D eigenvalue weighted by Gasteiger charge is -2.23. The smallest absolute Gasteiger partial charge is 0.145 e. The van der Waals surface area contributed by atoms with Gasteiger partial charge in [0.2, 0.25) is 0 Å². The molecule has 2 heterocycles. The first-order valence-corrected chi connectivity index (χ1v) is 25.2. The van der Waals surface area contributed by atoms with E-state index in [9.17, 15) is 0 Å². The number of hydrogen-bond acceptors (Lipinski definition) is 2. The molecule has 0 radical (unpaired) electrons. The molecule has 0 bridgehead atoms. The Morgan fingerprint density at radius 1 is 0.230 bits per heavy atom. The molecular formula is C70H46N4. The van der Waals surface area contributed by atoms with Crippen molar-refractivity contribution in [3.05, 3.63) is 279 Å². The van der Waals surface area contributed by atoms with Crippen LogP contribution in [0, 0.1) is 0 Å². The molecule has 0 spiro atoms. The van der Waals surface area contributed by atoms with Crippen LogP contribution in [0.4, 0.5) is 0 Å². The van der Waals surface area contributed by atoms with Gasteiger partial charge in [0.15, 0.2) is 0 Å². The van der Waals surface area contributed by atoms with Gasteiger partial charge in [-0.15, -0.1) is 0 Å². The van der Waals surface area contributed by atoms with Crippen molar-refractivity contribution in [1.82, 2.24) is 19.1 Å². The third-order valence-corrected chi connectivity index (χ3v) is 14.6. The molecule has 0 saturated heterocycles. The normalized spacial score (nSPS) is 11.5. The zero-order chi connectivity index (χ0) is 49.0. The van der Waals surface area contributed by atoms with Gasteiger partial charge in [0.25, 0.3) is 0 Å². The fraction of sp³-hybridized carbons (Fsp3) is 0. The minimum absolute atomic E-state index is 0.904. The number of para-hydroxylation sites is 4. The Balaban J connectivity index is 1.06. The average molecular weight is 943 g/mol. The number of hydrogen-bond donors (Lipinski definition) is 0. The van der Waals surface area contributed by atoms with Crippen molar-refractivity contribution in [3.8, 4) is 89.8 Å². The Labute approximate surface area is 429 Å². The number of imidazole rings is 2. The highest BCUT2D eigenvalue weighted by atomic mass is 15.1. The minimum atomic E-state index is 0.904. The first-order valence-electron chi connectivity index (χ1n) is 25.2. The Morgan fingerprint density at radius 2 is 0.595 bits per heavy atom. The molecule has 0 saturated carbocycles. The first-order chi connectivity index (χ1) is 36.7. The van der Waals surface area contributed by atoms with E-state index in [2.05, 4.69) is 288 Å². The molecule has 0 atom stereocenters. The first kappa shape index (κ1) is 42.9. The molecule has 4 nitrogen and oxygen atoms in total. The van der Waals surface area contributed by atoms with E-state index in [0.29, 0.717) is 0 Å². The van der Waals surface area contributed by atoms with E-state index in [1.54, 1.807) is 0 Å². The largest absolute Gasteiger partial charge is 0.292 e. The highest BCUT2D eigenvalue weighted by Gasteiger charge is 2.24. The van der Waals surface area contributed by atoms with Crippen molar-refractivity contribution in [3.63, 3.8) is 0 Å². The predicted octanol–water partition coefficient (Wildman–Crippen LogP) is 18.3. The topological polar surface area (TPSA) is 35.6 Å². The van der Waals surface area contributed by atoms with Gasteiger partial charge in [0.05, 0.1) is 22.1 Å². The van der Waals surface area contributed by atoms with Crippen LogP contribution in [-0.4, -0.2) is 19.1 Å². The lowest BCUT2D eigenvalue weighted by atomic mass is 9.81. The summed E-state index contributed by atoms with van der Waals surface area (Å²) < 4.78 is 4.61. The summed E-state index contributed by atoms with van der Waals surface area (Å²) >= 11 is 0. The van der Waals surface area contributed by atoms with Gasteiger partial charge in [-0.1, -0.05) is 224 Å². The molecule has 0 unspecified atom stereocenters. The molecule has 0 N–H and O–H groups in total. The van der Waals surface area contributed by atoms with E-state index in [4.69, 9.17) is 9.97 Å². The number of fused-ring (bicyclic) bond motifs is 4. The van der Waals surface area contributed by atoms with Gasteiger partial charge in [-0.3, -0.25) is 9.13 Å². The summed E-state index contributed by atoms with van der Waals surface area (Å²) in [4.78, 5) is 10.4. The summed E-state index contributed by atoms with van der Waals surface area (Å²) in [5.74, 6) is 1.82. The second-order valence-corrected chi connectivity index (χ2v) is 18.9. The maximum atomic E-state index is 5.28. The molecule has 4 heteroatoms. The molecule has 14 aromatic rings. The molecule has 0 fully saturated rings. The Kier molecular flexibility index (Phi) is 10.5. The second-order valence-electron chi connectivity index (χ2n) is 18.9. The molecule has 0 amide bonds. The Bertz CT molecular complexity index is 4380. The zero-order valence-electron chi connectivity index (χ0n) is 40.3. The fourth-order valence-corrected chi connectivity index (χ4v) is 11.2. The summed E-state index contributed by atoms with van der Waals surface area (Å²) in [6, 6.07) is 100. The van der Waals surface area contributed by atoms with Crippen LogP contribution in [0.2, 0.25) is 0 Å². The van der Waals surface area contributed by atoms with E-state index in [0.717, 1.165) is 72.7 Å². The lowest BCUT2D eigenvalue weighted by molar-refractivity contribution is 1.10. The van der Waals surface area contributed by atoms with Gasteiger partial charge in [0.1, 0.15) is 11.6 Å². The van der Waals surface area contributed by atoms with Gasteiger partial charge < -0.3 is 0 Å². The molecule has 74 heavy (non-hydrogen) atoms. The minimum Gasteiger partial charge on any atom is -0.292 e. The molecule has 12 aromatic carbocycles. The van der Waals surface area contributed by atoms with Crippen LogP contribution < -0.4 is 0 Å². The van der Waals surface area contributed by atoms with Crippen molar-refractivity contribution in [2.45, 2.75) is 0 Å². The van der Waals surface area contributed by atoms with Gasteiger partial charge in [0, 0.05) is 22.5 Å². The second kappa shape index (κ2) is 18.1. The number of rotatable bonds is 9. The van der Waals surface area contributed by atoms with Crippen LogP contribution in [0.3, 0.4) is 0 Å². The van der Waals surface area contributed by atoms with E-state index in [-0.39, 0.29) is 0 Å². The Morgan fingerprint density at radius 3 is 1.09 bits per heavy atom. The summed E-state index contributed by atoms with van der Waals surface area (Å²) in [5.41, 5.74) is 20.0. The van der Waals surface area contributed by atoms with Crippen molar-refractivity contribution in [2.24, 2.45) is 0 Å².